The fourth-order valence-corrected chi connectivity index (χ4v) is 3.94. The first kappa shape index (κ1) is 19.3. The molecule has 1 saturated heterocycles. The van der Waals surface area contributed by atoms with E-state index in [0.29, 0.717) is 0 Å². The normalized spacial score (nSPS) is 17.2. The molecular weight excluding hydrogens is 316 g/mol. The van der Waals surface area contributed by atoms with E-state index in [1.165, 1.54) is 56.5 Å². The second-order valence-corrected chi connectivity index (χ2v) is 7.77. The van der Waals surface area contributed by atoms with Crippen molar-refractivity contribution in [1.82, 2.24) is 15.5 Å². The molecule has 1 aliphatic heterocycles. The summed E-state index contributed by atoms with van der Waals surface area (Å²) in [6, 6.07) is 4.39. The van der Waals surface area contributed by atoms with Crippen molar-refractivity contribution in [1.29, 1.82) is 0 Å². The fourth-order valence-electron chi connectivity index (χ4n) is 3.19. The van der Waals surface area contributed by atoms with Crippen LogP contribution in [-0.4, -0.2) is 44.1 Å². The molecule has 2 rings (SSSR count). The Morgan fingerprint density at radius 2 is 2.08 bits per heavy atom. The van der Waals surface area contributed by atoms with Crippen molar-refractivity contribution in [3.8, 4) is 0 Å². The number of hydrogen-bond acceptors (Lipinski definition) is 3. The molecule has 0 aliphatic carbocycles. The van der Waals surface area contributed by atoms with Crippen LogP contribution in [0.2, 0.25) is 0 Å². The second kappa shape index (κ2) is 11.5. The van der Waals surface area contributed by atoms with Crippen LogP contribution in [0.1, 0.15) is 50.3 Å². The molecule has 5 heteroatoms. The van der Waals surface area contributed by atoms with Crippen LogP contribution in [0.15, 0.2) is 22.5 Å². The van der Waals surface area contributed by atoms with Gasteiger partial charge in [-0.25, -0.2) is 0 Å². The summed E-state index contributed by atoms with van der Waals surface area (Å²) in [6.07, 6.45) is 7.73. The van der Waals surface area contributed by atoms with Crippen molar-refractivity contribution in [3.05, 3.63) is 22.4 Å². The first-order chi connectivity index (χ1) is 11.8. The Kier molecular flexibility index (Phi) is 9.21. The smallest absolute Gasteiger partial charge is 0.190 e. The summed E-state index contributed by atoms with van der Waals surface area (Å²) in [7, 11) is 1.87. The summed E-state index contributed by atoms with van der Waals surface area (Å²) in [6.45, 7) is 7.87. The third-order valence-electron chi connectivity index (χ3n) is 4.77. The van der Waals surface area contributed by atoms with Gasteiger partial charge in [0.1, 0.15) is 0 Å². The zero-order chi connectivity index (χ0) is 17.0. The van der Waals surface area contributed by atoms with Gasteiger partial charge in [-0.3, -0.25) is 9.89 Å². The minimum absolute atomic E-state index is 0.767. The van der Waals surface area contributed by atoms with Gasteiger partial charge in [0.2, 0.25) is 0 Å². The van der Waals surface area contributed by atoms with Gasteiger partial charge in [0, 0.05) is 31.6 Å². The van der Waals surface area contributed by atoms with E-state index in [2.05, 4.69) is 45.0 Å². The first-order valence-electron chi connectivity index (χ1n) is 9.51. The number of thiophene rings is 1. The van der Waals surface area contributed by atoms with Gasteiger partial charge in [-0.2, -0.15) is 0 Å². The third kappa shape index (κ3) is 7.22. The van der Waals surface area contributed by atoms with E-state index in [9.17, 15) is 0 Å². The number of nitrogens with zero attached hydrogens (tertiary/aromatic N) is 2. The van der Waals surface area contributed by atoms with Crippen LogP contribution in [0.25, 0.3) is 0 Å². The molecule has 0 unspecified atom stereocenters. The van der Waals surface area contributed by atoms with E-state index in [1.807, 2.05) is 18.4 Å². The minimum atomic E-state index is 0.767. The highest BCUT2D eigenvalue weighted by Gasteiger charge is 2.19. The lowest BCUT2D eigenvalue weighted by Crippen LogP contribution is -2.42. The summed E-state index contributed by atoms with van der Waals surface area (Å²) in [5.74, 6) is 1.73. The Labute approximate surface area is 151 Å². The molecule has 0 radical (unpaired) electrons. The standard InChI is InChI=1S/C19H34N4S/c1-3-4-5-6-11-21-19(20-2)22-15-17-9-12-23(13-10-17)16-18-8-7-14-24-18/h7-8,14,17H,3-6,9-13,15-16H2,1-2H3,(H2,20,21,22). The van der Waals surface area contributed by atoms with Gasteiger partial charge in [-0.05, 0) is 49.7 Å². The van der Waals surface area contributed by atoms with Crippen LogP contribution in [-0.2, 0) is 6.54 Å². The third-order valence-corrected chi connectivity index (χ3v) is 5.63. The van der Waals surface area contributed by atoms with Crippen molar-refractivity contribution in [2.45, 2.75) is 52.0 Å². The van der Waals surface area contributed by atoms with Gasteiger partial charge >= 0.3 is 0 Å². The monoisotopic (exact) mass is 350 g/mol. The van der Waals surface area contributed by atoms with Crippen LogP contribution in [0, 0.1) is 5.92 Å². The zero-order valence-corrected chi connectivity index (χ0v) is 16.2. The van der Waals surface area contributed by atoms with Gasteiger partial charge in [0.05, 0.1) is 0 Å². The van der Waals surface area contributed by atoms with Crippen molar-refractivity contribution in [2.75, 3.05) is 33.2 Å². The minimum Gasteiger partial charge on any atom is -0.356 e. The van der Waals surface area contributed by atoms with Gasteiger partial charge in [-0.1, -0.05) is 32.3 Å². The lowest BCUT2D eigenvalue weighted by atomic mass is 9.97. The van der Waals surface area contributed by atoms with E-state index in [0.717, 1.165) is 31.5 Å². The van der Waals surface area contributed by atoms with Crippen LogP contribution in [0.5, 0.6) is 0 Å². The molecule has 0 amide bonds. The number of unbranched alkanes of at least 4 members (excludes halogenated alkanes) is 3. The van der Waals surface area contributed by atoms with Crippen LogP contribution in [0.4, 0.5) is 0 Å². The molecule has 0 spiro atoms. The van der Waals surface area contributed by atoms with Crippen molar-refractivity contribution >= 4 is 17.3 Å². The topological polar surface area (TPSA) is 39.7 Å². The van der Waals surface area contributed by atoms with E-state index in [4.69, 9.17) is 0 Å². The number of nitrogens with one attached hydrogen (secondary N) is 2. The Morgan fingerprint density at radius 1 is 1.25 bits per heavy atom. The highest BCUT2D eigenvalue weighted by atomic mass is 32.1. The van der Waals surface area contributed by atoms with Crippen LogP contribution >= 0.6 is 11.3 Å². The number of aliphatic imine (C=N–C) groups is 1. The molecule has 0 atom stereocenters. The summed E-state index contributed by atoms with van der Waals surface area (Å²) in [5, 5.41) is 9.12. The summed E-state index contributed by atoms with van der Waals surface area (Å²) < 4.78 is 0. The molecule has 2 heterocycles. The molecule has 136 valence electrons. The number of piperidine rings is 1. The summed E-state index contributed by atoms with van der Waals surface area (Å²) in [5.41, 5.74) is 0. The van der Waals surface area contributed by atoms with Gasteiger partial charge in [0.15, 0.2) is 5.96 Å². The van der Waals surface area contributed by atoms with Gasteiger partial charge in [-0.15, -0.1) is 11.3 Å². The molecule has 1 aliphatic rings. The average molecular weight is 351 g/mol. The highest BCUT2D eigenvalue weighted by Crippen LogP contribution is 2.20. The molecule has 0 bridgehead atoms. The predicted molar refractivity (Wildman–Crippen MR) is 106 cm³/mol. The first-order valence-corrected chi connectivity index (χ1v) is 10.4. The van der Waals surface area contributed by atoms with E-state index in [-0.39, 0.29) is 0 Å². The zero-order valence-electron chi connectivity index (χ0n) is 15.4. The Balaban J connectivity index is 1.57. The quantitative estimate of drug-likeness (QED) is 0.405. The van der Waals surface area contributed by atoms with Crippen molar-refractivity contribution in [3.63, 3.8) is 0 Å². The highest BCUT2D eigenvalue weighted by molar-refractivity contribution is 7.09. The number of likely N-dealkylation sites (tertiary alicyclic amines) is 1. The van der Waals surface area contributed by atoms with E-state index < -0.39 is 0 Å². The van der Waals surface area contributed by atoms with E-state index in [1.54, 1.807) is 0 Å². The lowest BCUT2D eigenvalue weighted by molar-refractivity contribution is 0.179. The maximum absolute atomic E-state index is 4.34. The summed E-state index contributed by atoms with van der Waals surface area (Å²) >= 11 is 1.87. The number of hydrogen-bond donors (Lipinski definition) is 2. The fraction of sp³-hybridized carbons (Fsp3) is 0.737. The van der Waals surface area contributed by atoms with Crippen LogP contribution in [0.3, 0.4) is 0 Å². The molecule has 2 N–H and O–H groups in total. The largest absolute Gasteiger partial charge is 0.356 e. The molecule has 0 saturated carbocycles. The molecule has 24 heavy (non-hydrogen) atoms. The Hall–Kier alpha value is -1.07. The SMILES string of the molecule is CCCCCCNC(=NC)NCC1CCN(Cc2cccs2)CC1. The number of guanidine groups is 1. The predicted octanol–water partition coefficient (Wildman–Crippen LogP) is 3.71. The van der Waals surface area contributed by atoms with Crippen molar-refractivity contribution < 1.29 is 0 Å². The molecule has 1 fully saturated rings. The van der Waals surface area contributed by atoms with Gasteiger partial charge in [0.25, 0.3) is 0 Å². The van der Waals surface area contributed by atoms with E-state index >= 15 is 0 Å². The number of rotatable bonds is 9. The molecule has 1 aromatic heterocycles. The maximum atomic E-state index is 4.34. The van der Waals surface area contributed by atoms with Gasteiger partial charge < -0.3 is 10.6 Å². The maximum Gasteiger partial charge on any atom is 0.190 e. The van der Waals surface area contributed by atoms with Crippen molar-refractivity contribution in [2.24, 2.45) is 10.9 Å². The molecule has 4 nitrogen and oxygen atoms in total. The molecular formula is C19H34N4S. The summed E-state index contributed by atoms with van der Waals surface area (Å²) in [4.78, 5) is 8.41. The van der Waals surface area contributed by atoms with Crippen LogP contribution < -0.4 is 10.6 Å². The second-order valence-electron chi connectivity index (χ2n) is 6.74. The average Bonchev–Trinajstić information content (AvgIpc) is 3.12. The lowest BCUT2D eigenvalue weighted by Gasteiger charge is -2.32. The Bertz CT molecular complexity index is 450. The molecule has 0 aromatic carbocycles. The Morgan fingerprint density at radius 3 is 2.75 bits per heavy atom. The molecule has 1 aromatic rings.